The molecule has 0 aromatic rings. The van der Waals surface area contributed by atoms with Gasteiger partial charge in [0.2, 0.25) is 0 Å². The van der Waals surface area contributed by atoms with Gasteiger partial charge in [0.05, 0.1) is 13.2 Å². The first-order chi connectivity index (χ1) is 7.63. The van der Waals surface area contributed by atoms with Crippen molar-refractivity contribution in [2.75, 3.05) is 32.8 Å². The minimum Gasteiger partial charge on any atom is -0.376 e. The summed E-state index contributed by atoms with van der Waals surface area (Å²) in [5.41, 5.74) is 1.10. The van der Waals surface area contributed by atoms with E-state index in [9.17, 15) is 0 Å². The van der Waals surface area contributed by atoms with Crippen LogP contribution < -0.4 is 5.32 Å². The first-order valence-corrected chi connectivity index (χ1v) is 6.33. The van der Waals surface area contributed by atoms with E-state index in [0.717, 1.165) is 31.8 Å². The topological polar surface area (TPSA) is 24.5 Å². The number of piperazine rings is 1. The Morgan fingerprint density at radius 1 is 1.56 bits per heavy atom. The molecular weight excluding hydrogens is 200 g/mol. The van der Waals surface area contributed by atoms with E-state index in [2.05, 4.69) is 30.6 Å². The summed E-state index contributed by atoms with van der Waals surface area (Å²) in [5, 5.41) is 3.52. The quantitative estimate of drug-likeness (QED) is 0.550. The van der Waals surface area contributed by atoms with Crippen LogP contribution in [0.1, 0.15) is 27.2 Å². The van der Waals surface area contributed by atoms with E-state index in [0.29, 0.717) is 18.7 Å². The van der Waals surface area contributed by atoms with Crippen LogP contribution >= 0.6 is 0 Å². The Bertz CT molecular complexity index is 218. The van der Waals surface area contributed by atoms with Gasteiger partial charge in [0.1, 0.15) is 0 Å². The van der Waals surface area contributed by atoms with Gasteiger partial charge in [-0.1, -0.05) is 19.1 Å². The number of ether oxygens (including phenoxy) is 1. The number of hydrogen-bond acceptors (Lipinski definition) is 3. The predicted molar refractivity (Wildman–Crippen MR) is 68.7 cm³/mol. The summed E-state index contributed by atoms with van der Waals surface area (Å²) in [6.45, 7) is 15.1. The van der Waals surface area contributed by atoms with Crippen LogP contribution in [0.4, 0.5) is 0 Å². The van der Waals surface area contributed by atoms with E-state index >= 15 is 0 Å². The van der Waals surface area contributed by atoms with Gasteiger partial charge in [-0.15, -0.1) is 0 Å². The van der Waals surface area contributed by atoms with E-state index in [1.165, 1.54) is 6.42 Å². The van der Waals surface area contributed by atoms with Crippen LogP contribution in [0, 0.1) is 0 Å². The molecule has 1 rings (SSSR count). The van der Waals surface area contributed by atoms with Gasteiger partial charge >= 0.3 is 0 Å². The number of rotatable bonds is 6. The second-order valence-electron chi connectivity index (χ2n) is 4.88. The highest BCUT2D eigenvalue weighted by Gasteiger charge is 2.23. The van der Waals surface area contributed by atoms with Crippen molar-refractivity contribution in [1.29, 1.82) is 0 Å². The van der Waals surface area contributed by atoms with Crippen molar-refractivity contribution in [3.63, 3.8) is 0 Å². The fourth-order valence-electron chi connectivity index (χ4n) is 2.14. The molecule has 1 fully saturated rings. The summed E-state index contributed by atoms with van der Waals surface area (Å²) in [6.07, 6.45) is 1.21. The van der Waals surface area contributed by atoms with Crippen LogP contribution in [0.2, 0.25) is 0 Å². The summed E-state index contributed by atoms with van der Waals surface area (Å²) in [7, 11) is 0. The molecule has 0 bridgehead atoms. The molecule has 0 radical (unpaired) electrons. The lowest BCUT2D eigenvalue weighted by molar-refractivity contribution is 0.0746. The SMILES string of the molecule is C=C(C)COCCN1CC(C)NCC1CC. The van der Waals surface area contributed by atoms with Gasteiger partial charge in [0.15, 0.2) is 0 Å². The molecule has 0 aromatic heterocycles. The smallest absolute Gasteiger partial charge is 0.0672 e. The molecule has 3 heteroatoms. The predicted octanol–water partition coefficient (Wildman–Crippen LogP) is 1.65. The van der Waals surface area contributed by atoms with E-state index in [1.807, 2.05) is 6.92 Å². The van der Waals surface area contributed by atoms with Crippen LogP contribution in [0.3, 0.4) is 0 Å². The van der Waals surface area contributed by atoms with Crippen LogP contribution in [0.5, 0.6) is 0 Å². The van der Waals surface area contributed by atoms with Gasteiger partial charge in [0, 0.05) is 31.7 Å². The fourth-order valence-corrected chi connectivity index (χ4v) is 2.14. The Labute approximate surface area is 99.8 Å². The summed E-state index contributed by atoms with van der Waals surface area (Å²) < 4.78 is 5.56. The lowest BCUT2D eigenvalue weighted by Gasteiger charge is -2.38. The normalized spacial score (nSPS) is 26.9. The highest BCUT2D eigenvalue weighted by atomic mass is 16.5. The second-order valence-corrected chi connectivity index (χ2v) is 4.88. The fraction of sp³-hybridized carbons (Fsp3) is 0.846. The van der Waals surface area contributed by atoms with E-state index in [4.69, 9.17) is 4.74 Å². The number of nitrogens with zero attached hydrogens (tertiary/aromatic N) is 1. The van der Waals surface area contributed by atoms with Crippen molar-refractivity contribution in [2.24, 2.45) is 0 Å². The summed E-state index contributed by atoms with van der Waals surface area (Å²) >= 11 is 0. The standard InChI is InChI=1S/C13H26N2O/c1-5-13-8-14-12(4)9-15(13)6-7-16-10-11(2)3/h12-14H,2,5-10H2,1,3-4H3. The molecule has 1 aliphatic heterocycles. The average Bonchev–Trinajstić information content (AvgIpc) is 2.24. The molecule has 0 amide bonds. The molecule has 1 aliphatic rings. The number of nitrogens with one attached hydrogen (secondary N) is 1. The lowest BCUT2D eigenvalue weighted by Crippen LogP contribution is -2.55. The van der Waals surface area contributed by atoms with Crippen LogP contribution in [0.15, 0.2) is 12.2 Å². The van der Waals surface area contributed by atoms with Crippen molar-refractivity contribution in [3.05, 3.63) is 12.2 Å². The molecule has 1 N–H and O–H groups in total. The second kappa shape index (κ2) is 7.05. The van der Waals surface area contributed by atoms with Gasteiger partial charge in [-0.25, -0.2) is 0 Å². The molecule has 0 spiro atoms. The van der Waals surface area contributed by atoms with Gasteiger partial charge in [-0.3, -0.25) is 4.90 Å². The van der Waals surface area contributed by atoms with E-state index in [-0.39, 0.29) is 0 Å². The molecule has 0 aliphatic carbocycles. The van der Waals surface area contributed by atoms with Gasteiger partial charge in [-0.05, 0) is 20.3 Å². The zero-order valence-electron chi connectivity index (χ0n) is 11.0. The molecule has 94 valence electrons. The first-order valence-electron chi connectivity index (χ1n) is 6.33. The zero-order chi connectivity index (χ0) is 12.0. The van der Waals surface area contributed by atoms with Gasteiger partial charge < -0.3 is 10.1 Å². The molecule has 2 unspecified atom stereocenters. The molecule has 1 heterocycles. The van der Waals surface area contributed by atoms with Crippen LogP contribution in [0.25, 0.3) is 0 Å². The molecule has 1 saturated heterocycles. The molecular formula is C13H26N2O. The van der Waals surface area contributed by atoms with Gasteiger partial charge in [-0.2, -0.15) is 0 Å². The number of hydrogen-bond donors (Lipinski definition) is 1. The molecule has 2 atom stereocenters. The highest BCUT2D eigenvalue weighted by Crippen LogP contribution is 2.09. The molecule has 0 aromatic carbocycles. The summed E-state index contributed by atoms with van der Waals surface area (Å²) in [6, 6.07) is 1.27. The van der Waals surface area contributed by atoms with Crippen LogP contribution in [-0.4, -0.2) is 49.8 Å². The monoisotopic (exact) mass is 226 g/mol. The van der Waals surface area contributed by atoms with E-state index in [1.54, 1.807) is 0 Å². The Morgan fingerprint density at radius 2 is 2.31 bits per heavy atom. The largest absolute Gasteiger partial charge is 0.376 e. The third kappa shape index (κ3) is 4.64. The summed E-state index contributed by atoms with van der Waals surface area (Å²) in [4.78, 5) is 2.54. The van der Waals surface area contributed by atoms with E-state index < -0.39 is 0 Å². The van der Waals surface area contributed by atoms with Gasteiger partial charge in [0.25, 0.3) is 0 Å². The molecule has 16 heavy (non-hydrogen) atoms. The molecule has 3 nitrogen and oxygen atoms in total. The van der Waals surface area contributed by atoms with Crippen LogP contribution in [-0.2, 0) is 4.74 Å². The Kier molecular flexibility index (Phi) is 6.03. The zero-order valence-corrected chi connectivity index (χ0v) is 11.0. The van der Waals surface area contributed by atoms with Crippen molar-refractivity contribution in [2.45, 2.75) is 39.3 Å². The Balaban J connectivity index is 2.23. The lowest BCUT2D eigenvalue weighted by atomic mass is 10.1. The average molecular weight is 226 g/mol. The Hall–Kier alpha value is -0.380. The summed E-state index contributed by atoms with van der Waals surface area (Å²) in [5.74, 6) is 0. The minimum atomic E-state index is 0.601. The minimum absolute atomic E-state index is 0.601. The van der Waals surface area contributed by atoms with Crippen molar-refractivity contribution >= 4 is 0 Å². The maximum absolute atomic E-state index is 5.56. The third-order valence-electron chi connectivity index (χ3n) is 3.07. The third-order valence-corrected chi connectivity index (χ3v) is 3.07. The van der Waals surface area contributed by atoms with Crippen molar-refractivity contribution in [3.8, 4) is 0 Å². The van der Waals surface area contributed by atoms with Crippen molar-refractivity contribution in [1.82, 2.24) is 10.2 Å². The Morgan fingerprint density at radius 3 is 2.94 bits per heavy atom. The van der Waals surface area contributed by atoms with Crippen molar-refractivity contribution < 1.29 is 4.74 Å². The maximum atomic E-state index is 5.56. The highest BCUT2D eigenvalue weighted by molar-refractivity contribution is 4.87. The maximum Gasteiger partial charge on any atom is 0.0672 e. The first kappa shape index (κ1) is 13.7. The molecule has 0 saturated carbocycles.